The summed E-state index contributed by atoms with van der Waals surface area (Å²) in [6.07, 6.45) is 0. The normalized spacial score (nSPS) is 15.7. The van der Waals surface area contributed by atoms with Crippen LogP contribution in [0.3, 0.4) is 0 Å². The van der Waals surface area contributed by atoms with E-state index in [-0.39, 0.29) is 16.2 Å². The molecule has 0 saturated carbocycles. The van der Waals surface area contributed by atoms with Gasteiger partial charge in [0.15, 0.2) is 0 Å². The molecule has 284 valence electrons. The molecule has 0 saturated heterocycles. The van der Waals surface area contributed by atoms with E-state index in [0.29, 0.717) is 0 Å². The zero-order valence-corrected chi connectivity index (χ0v) is 34.4. The van der Waals surface area contributed by atoms with E-state index in [2.05, 4.69) is 210 Å². The van der Waals surface area contributed by atoms with Gasteiger partial charge in [-0.3, -0.25) is 0 Å². The summed E-state index contributed by atoms with van der Waals surface area (Å²) >= 11 is 0. The Morgan fingerprint density at radius 1 is 0.356 bits per heavy atom. The highest BCUT2D eigenvalue weighted by atomic mass is 16.3. The van der Waals surface area contributed by atoms with Crippen molar-refractivity contribution in [2.75, 3.05) is 4.90 Å². The van der Waals surface area contributed by atoms with Crippen LogP contribution in [0.2, 0.25) is 0 Å². The monoisotopic (exact) mass is 759 g/mol. The third-order valence-corrected chi connectivity index (χ3v) is 14.3. The largest absolute Gasteiger partial charge is 0.456 e. The highest BCUT2D eigenvalue weighted by molar-refractivity contribution is 6.17. The van der Waals surface area contributed by atoms with Crippen LogP contribution in [0.1, 0.15) is 74.9 Å². The Labute approximate surface area is 346 Å². The van der Waals surface area contributed by atoms with Gasteiger partial charge in [0, 0.05) is 49.6 Å². The van der Waals surface area contributed by atoms with Crippen molar-refractivity contribution in [1.29, 1.82) is 0 Å². The van der Waals surface area contributed by atoms with Gasteiger partial charge in [-0.1, -0.05) is 157 Å². The SMILES string of the molecule is CC1(C)c2ccccc2-c2ccc(N(c3ccc4c(c3)C(C)(C)c3ccccc3-4)c3ccc4c(c3)C(C)(C)c3cc5oc6ccccc6c5c(-c5ccccc5)c3-4)cc21. The van der Waals surface area contributed by atoms with Crippen molar-refractivity contribution in [2.24, 2.45) is 0 Å². The van der Waals surface area contributed by atoms with Crippen LogP contribution in [-0.4, -0.2) is 0 Å². The Morgan fingerprint density at radius 2 is 0.814 bits per heavy atom. The van der Waals surface area contributed by atoms with Crippen LogP contribution in [0.15, 0.2) is 168 Å². The average Bonchev–Trinajstić information content (AvgIpc) is 3.89. The molecule has 0 spiro atoms. The molecule has 8 aromatic carbocycles. The number of hydrogen-bond acceptors (Lipinski definition) is 2. The lowest BCUT2D eigenvalue weighted by Gasteiger charge is -2.31. The number of benzene rings is 8. The van der Waals surface area contributed by atoms with Gasteiger partial charge in [0.25, 0.3) is 0 Å². The van der Waals surface area contributed by atoms with Crippen molar-refractivity contribution in [3.63, 3.8) is 0 Å². The molecule has 3 aliphatic rings. The predicted molar refractivity (Wildman–Crippen MR) is 247 cm³/mol. The maximum absolute atomic E-state index is 6.65. The lowest BCUT2D eigenvalue weighted by Crippen LogP contribution is -2.19. The Hall–Kier alpha value is -6.64. The van der Waals surface area contributed by atoms with E-state index >= 15 is 0 Å². The van der Waals surface area contributed by atoms with Crippen LogP contribution in [0.4, 0.5) is 17.1 Å². The molecular weight excluding hydrogens is 715 g/mol. The number of anilines is 3. The molecule has 9 aromatic rings. The molecule has 0 bridgehead atoms. The lowest BCUT2D eigenvalue weighted by atomic mass is 9.81. The van der Waals surface area contributed by atoms with Crippen molar-refractivity contribution < 1.29 is 4.42 Å². The number of hydrogen-bond donors (Lipinski definition) is 0. The van der Waals surface area contributed by atoms with Crippen molar-refractivity contribution >= 4 is 39.0 Å². The van der Waals surface area contributed by atoms with Gasteiger partial charge in [-0.2, -0.15) is 0 Å². The number of fused-ring (bicyclic) bond motifs is 12. The van der Waals surface area contributed by atoms with Gasteiger partial charge in [-0.25, -0.2) is 0 Å². The molecule has 1 aromatic heterocycles. The molecule has 2 nitrogen and oxygen atoms in total. The van der Waals surface area contributed by atoms with Crippen molar-refractivity contribution in [3.8, 4) is 44.5 Å². The first-order valence-corrected chi connectivity index (χ1v) is 21.0. The van der Waals surface area contributed by atoms with Gasteiger partial charge in [0.1, 0.15) is 11.2 Å². The van der Waals surface area contributed by atoms with Gasteiger partial charge < -0.3 is 9.32 Å². The first-order chi connectivity index (χ1) is 28.5. The quantitative estimate of drug-likeness (QED) is 0.178. The fourth-order valence-corrected chi connectivity index (χ4v) is 11.2. The topological polar surface area (TPSA) is 16.4 Å². The molecule has 0 unspecified atom stereocenters. The van der Waals surface area contributed by atoms with Gasteiger partial charge in [0.05, 0.1) is 0 Å². The number of nitrogens with zero attached hydrogens (tertiary/aromatic N) is 1. The summed E-state index contributed by atoms with van der Waals surface area (Å²) in [5.41, 5.74) is 23.4. The van der Waals surface area contributed by atoms with Crippen molar-refractivity contribution in [1.82, 2.24) is 0 Å². The fraction of sp³-hybridized carbons (Fsp3) is 0.158. The van der Waals surface area contributed by atoms with Gasteiger partial charge in [-0.05, 0) is 121 Å². The summed E-state index contributed by atoms with van der Waals surface area (Å²) in [5.74, 6) is 0. The van der Waals surface area contributed by atoms with Crippen LogP contribution < -0.4 is 4.90 Å². The van der Waals surface area contributed by atoms with Crippen molar-refractivity contribution in [3.05, 3.63) is 197 Å². The molecule has 1 heterocycles. The van der Waals surface area contributed by atoms with E-state index in [0.717, 1.165) is 22.2 Å². The molecule has 0 N–H and O–H groups in total. The summed E-state index contributed by atoms with van der Waals surface area (Å²) in [4.78, 5) is 2.51. The minimum atomic E-state index is -0.286. The van der Waals surface area contributed by atoms with Crippen LogP contribution in [-0.2, 0) is 16.2 Å². The highest BCUT2D eigenvalue weighted by Crippen LogP contribution is 2.58. The molecule has 12 rings (SSSR count). The van der Waals surface area contributed by atoms with Crippen molar-refractivity contribution in [2.45, 2.75) is 57.8 Å². The van der Waals surface area contributed by atoms with Crippen LogP contribution in [0, 0.1) is 0 Å². The molecule has 0 radical (unpaired) electrons. The maximum atomic E-state index is 6.65. The Bertz CT molecular complexity index is 3140. The van der Waals surface area contributed by atoms with Gasteiger partial charge in [0.2, 0.25) is 0 Å². The predicted octanol–water partition coefficient (Wildman–Crippen LogP) is 15.6. The minimum absolute atomic E-state index is 0.119. The minimum Gasteiger partial charge on any atom is -0.456 e. The highest BCUT2D eigenvalue weighted by Gasteiger charge is 2.41. The van der Waals surface area contributed by atoms with E-state index in [1.807, 2.05) is 0 Å². The summed E-state index contributed by atoms with van der Waals surface area (Å²) in [5, 5.41) is 2.34. The van der Waals surface area contributed by atoms with Crippen LogP contribution in [0.5, 0.6) is 0 Å². The van der Waals surface area contributed by atoms with E-state index in [1.54, 1.807) is 0 Å². The number of para-hydroxylation sites is 1. The zero-order valence-electron chi connectivity index (χ0n) is 34.4. The van der Waals surface area contributed by atoms with E-state index in [4.69, 9.17) is 4.42 Å². The van der Waals surface area contributed by atoms with Crippen LogP contribution >= 0.6 is 0 Å². The Kier molecular flexibility index (Phi) is 6.84. The molecule has 59 heavy (non-hydrogen) atoms. The molecule has 2 heteroatoms. The second-order valence-corrected chi connectivity index (χ2v) is 18.5. The second-order valence-electron chi connectivity index (χ2n) is 18.5. The van der Waals surface area contributed by atoms with Gasteiger partial charge in [-0.15, -0.1) is 0 Å². The smallest absolute Gasteiger partial charge is 0.136 e. The maximum Gasteiger partial charge on any atom is 0.136 e. The summed E-state index contributed by atoms with van der Waals surface area (Å²) in [7, 11) is 0. The third-order valence-electron chi connectivity index (χ3n) is 14.3. The second kappa shape index (κ2) is 11.7. The standard InChI is InChI=1S/C57H45NO/c1-55(2)44-21-13-10-18-38(44)40-27-24-35(30-46(40)55)58(36-25-28-41-39-19-11-14-22-45(39)56(3,4)47(41)31-36)37-26-29-42-48(32-37)57(5,6)49-33-51-54(43-20-12-15-23-50(43)59-51)52(53(42)49)34-16-8-7-9-17-34/h7-33H,1-6H3. The lowest BCUT2D eigenvalue weighted by molar-refractivity contribution is 0.647. The average molecular weight is 760 g/mol. The fourth-order valence-electron chi connectivity index (χ4n) is 11.2. The first kappa shape index (κ1) is 34.4. The summed E-state index contributed by atoms with van der Waals surface area (Å²) < 4.78 is 6.65. The summed E-state index contributed by atoms with van der Waals surface area (Å²) in [6, 6.07) is 61.1. The van der Waals surface area contributed by atoms with E-state index < -0.39 is 0 Å². The van der Waals surface area contributed by atoms with Crippen LogP contribution in [0.25, 0.3) is 66.4 Å². The third kappa shape index (κ3) is 4.58. The first-order valence-electron chi connectivity index (χ1n) is 21.0. The van der Waals surface area contributed by atoms with E-state index in [1.165, 1.54) is 94.6 Å². The molecule has 0 amide bonds. The molecular formula is C57H45NO. The molecule has 0 fully saturated rings. The molecule has 0 aliphatic heterocycles. The Balaban J connectivity index is 1.09. The van der Waals surface area contributed by atoms with Gasteiger partial charge >= 0.3 is 0 Å². The Morgan fingerprint density at radius 3 is 1.41 bits per heavy atom. The number of rotatable bonds is 4. The molecule has 0 atom stereocenters. The van der Waals surface area contributed by atoms with E-state index in [9.17, 15) is 0 Å². The molecule has 3 aliphatic carbocycles. The number of furan rings is 1. The summed E-state index contributed by atoms with van der Waals surface area (Å²) in [6.45, 7) is 14.3. The zero-order chi connectivity index (χ0) is 40.0.